The summed E-state index contributed by atoms with van der Waals surface area (Å²) in [6, 6.07) is 5.66. The first-order chi connectivity index (χ1) is 6.72. The highest BCUT2D eigenvalue weighted by Crippen LogP contribution is 2.10. The van der Waals surface area contributed by atoms with Gasteiger partial charge in [0.05, 0.1) is 12.6 Å². The highest BCUT2D eigenvalue weighted by atomic mass is 19.1. The number of ether oxygens (including phenoxy) is 2. The maximum atomic E-state index is 12.5. The van der Waals surface area contributed by atoms with Gasteiger partial charge < -0.3 is 15.2 Å². The third kappa shape index (κ3) is 3.72. The van der Waals surface area contributed by atoms with E-state index in [4.69, 9.17) is 15.2 Å². The molecule has 0 unspecified atom stereocenters. The van der Waals surface area contributed by atoms with Crippen molar-refractivity contribution >= 4 is 0 Å². The smallest absolute Gasteiger partial charge is 0.123 e. The standard InChI is InChI=1S/C10H14FNO2/c1-13-6-9(12)7-14-10-4-2-8(11)3-5-10/h2-5,9H,6-7,12H2,1H3/t9-/m0/s1. The van der Waals surface area contributed by atoms with Gasteiger partial charge in [0.15, 0.2) is 0 Å². The quantitative estimate of drug-likeness (QED) is 0.774. The van der Waals surface area contributed by atoms with E-state index in [0.29, 0.717) is 19.0 Å². The Hall–Kier alpha value is -1.13. The van der Waals surface area contributed by atoms with Crippen LogP contribution >= 0.6 is 0 Å². The van der Waals surface area contributed by atoms with Crippen LogP contribution < -0.4 is 10.5 Å². The number of hydrogen-bond donors (Lipinski definition) is 1. The Labute approximate surface area is 82.6 Å². The van der Waals surface area contributed by atoms with Gasteiger partial charge in [-0.2, -0.15) is 0 Å². The summed E-state index contributed by atoms with van der Waals surface area (Å²) in [6.07, 6.45) is 0. The zero-order valence-corrected chi connectivity index (χ0v) is 8.07. The fourth-order valence-electron chi connectivity index (χ4n) is 0.996. The van der Waals surface area contributed by atoms with E-state index < -0.39 is 0 Å². The molecule has 0 heterocycles. The topological polar surface area (TPSA) is 44.5 Å². The van der Waals surface area contributed by atoms with Gasteiger partial charge in [0.1, 0.15) is 18.2 Å². The molecule has 0 saturated carbocycles. The van der Waals surface area contributed by atoms with Gasteiger partial charge in [-0.25, -0.2) is 4.39 Å². The molecule has 1 aromatic rings. The van der Waals surface area contributed by atoms with Gasteiger partial charge in [0.25, 0.3) is 0 Å². The lowest BCUT2D eigenvalue weighted by Crippen LogP contribution is -2.32. The predicted octanol–water partition coefficient (Wildman–Crippen LogP) is 1.18. The molecule has 0 bridgehead atoms. The minimum Gasteiger partial charge on any atom is -0.492 e. The molecule has 0 spiro atoms. The van der Waals surface area contributed by atoms with Gasteiger partial charge in [-0.05, 0) is 24.3 Å². The van der Waals surface area contributed by atoms with E-state index in [2.05, 4.69) is 0 Å². The molecule has 78 valence electrons. The van der Waals surface area contributed by atoms with Crippen molar-refractivity contribution in [3.05, 3.63) is 30.1 Å². The first-order valence-electron chi connectivity index (χ1n) is 4.35. The summed E-state index contributed by atoms with van der Waals surface area (Å²) < 4.78 is 22.7. The molecule has 14 heavy (non-hydrogen) atoms. The molecule has 4 heteroatoms. The summed E-state index contributed by atoms with van der Waals surface area (Å²) in [5.74, 6) is 0.330. The Morgan fingerprint density at radius 2 is 1.93 bits per heavy atom. The molecular weight excluding hydrogens is 185 g/mol. The van der Waals surface area contributed by atoms with Gasteiger partial charge in [-0.15, -0.1) is 0 Å². The number of benzene rings is 1. The lowest BCUT2D eigenvalue weighted by molar-refractivity contribution is 0.152. The molecule has 0 amide bonds. The zero-order chi connectivity index (χ0) is 10.4. The van der Waals surface area contributed by atoms with Crippen LogP contribution in [-0.4, -0.2) is 26.4 Å². The lowest BCUT2D eigenvalue weighted by atomic mass is 10.3. The summed E-state index contributed by atoms with van der Waals surface area (Å²) in [5, 5.41) is 0. The predicted molar refractivity (Wildman–Crippen MR) is 51.7 cm³/mol. The SMILES string of the molecule is COC[C@H](N)COc1ccc(F)cc1. The van der Waals surface area contributed by atoms with Crippen molar-refractivity contribution in [2.24, 2.45) is 5.73 Å². The van der Waals surface area contributed by atoms with Crippen molar-refractivity contribution in [3.8, 4) is 5.75 Å². The van der Waals surface area contributed by atoms with Crippen LogP contribution in [0.5, 0.6) is 5.75 Å². The molecule has 1 rings (SSSR count). The summed E-state index contributed by atoms with van der Waals surface area (Å²) in [4.78, 5) is 0. The van der Waals surface area contributed by atoms with Crippen molar-refractivity contribution in [3.63, 3.8) is 0 Å². The van der Waals surface area contributed by atoms with Crippen molar-refractivity contribution in [1.29, 1.82) is 0 Å². The van der Waals surface area contributed by atoms with Crippen LogP contribution in [0, 0.1) is 5.82 Å². The van der Waals surface area contributed by atoms with E-state index in [1.54, 1.807) is 19.2 Å². The molecule has 0 aromatic heterocycles. The molecule has 0 aliphatic heterocycles. The van der Waals surface area contributed by atoms with Gasteiger partial charge >= 0.3 is 0 Å². The summed E-state index contributed by atoms with van der Waals surface area (Å²) in [5.41, 5.74) is 5.64. The van der Waals surface area contributed by atoms with Gasteiger partial charge in [-0.3, -0.25) is 0 Å². The molecule has 0 aliphatic carbocycles. The van der Waals surface area contributed by atoms with E-state index in [-0.39, 0.29) is 11.9 Å². The second-order valence-electron chi connectivity index (χ2n) is 2.98. The maximum absolute atomic E-state index is 12.5. The first kappa shape index (κ1) is 10.9. The third-order valence-corrected chi connectivity index (χ3v) is 1.66. The largest absolute Gasteiger partial charge is 0.492 e. The van der Waals surface area contributed by atoms with Crippen LogP contribution in [0.2, 0.25) is 0 Å². The summed E-state index contributed by atoms with van der Waals surface area (Å²) in [7, 11) is 1.58. The van der Waals surface area contributed by atoms with E-state index in [9.17, 15) is 4.39 Å². The van der Waals surface area contributed by atoms with Gasteiger partial charge in [0.2, 0.25) is 0 Å². The summed E-state index contributed by atoms with van der Waals surface area (Å²) in [6.45, 7) is 0.806. The zero-order valence-electron chi connectivity index (χ0n) is 8.07. The molecule has 0 radical (unpaired) electrons. The van der Waals surface area contributed by atoms with Crippen molar-refractivity contribution in [2.45, 2.75) is 6.04 Å². The molecule has 1 atom stereocenters. The lowest BCUT2D eigenvalue weighted by Gasteiger charge is -2.11. The highest BCUT2D eigenvalue weighted by molar-refractivity contribution is 5.22. The number of methoxy groups -OCH3 is 1. The number of halogens is 1. The first-order valence-corrected chi connectivity index (χ1v) is 4.35. The maximum Gasteiger partial charge on any atom is 0.123 e. The molecule has 0 aliphatic rings. The van der Waals surface area contributed by atoms with Crippen LogP contribution in [-0.2, 0) is 4.74 Å². The average Bonchev–Trinajstić information content (AvgIpc) is 2.17. The molecule has 2 N–H and O–H groups in total. The Morgan fingerprint density at radius 3 is 2.50 bits per heavy atom. The second-order valence-corrected chi connectivity index (χ2v) is 2.98. The van der Waals surface area contributed by atoms with Gasteiger partial charge in [0, 0.05) is 7.11 Å². The highest BCUT2D eigenvalue weighted by Gasteiger charge is 2.02. The number of rotatable bonds is 5. The number of hydrogen-bond acceptors (Lipinski definition) is 3. The molecule has 1 aromatic carbocycles. The Kier molecular flexibility index (Phi) is 4.35. The van der Waals surface area contributed by atoms with E-state index in [1.165, 1.54) is 12.1 Å². The van der Waals surface area contributed by atoms with Crippen molar-refractivity contribution in [2.75, 3.05) is 20.3 Å². The number of nitrogens with two attached hydrogens (primary N) is 1. The van der Waals surface area contributed by atoms with Crippen LogP contribution in [0.15, 0.2) is 24.3 Å². The van der Waals surface area contributed by atoms with E-state index in [1.807, 2.05) is 0 Å². The average molecular weight is 199 g/mol. The van der Waals surface area contributed by atoms with Crippen molar-refractivity contribution in [1.82, 2.24) is 0 Å². The summed E-state index contributed by atoms with van der Waals surface area (Å²) >= 11 is 0. The Balaban J connectivity index is 2.34. The molecular formula is C10H14FNO2. The van der Waals surface area contributed by atoms with Crippen LogP contribution in [0.1, 0.15) is 0 Å². The van der Waals surface area contributed by atoms with E-state index in [0.717, 1.165) is 0 Å². The van der Waals surface area contributed by atoms with Crippen molar-refractivity contribution < 1.29 is 13.9 Å². The Morgan fingerprint density at radius 1 is 1.29 bits per heavy atom. The third-order valence-electron chi connectivity index (χ3n) is 1.66. The molecule has 0 fully saturated rings. The fraction of sp³-hybridized carbons (Fsp3) is 0.400. The monoisotopic (exact) mass is 199 g/mol. The minimum absolute atomic E-state index is 0.162. The van der Waals surface area contributed by atoms with Crippen LogP contribution in [0.4, 0.5) is 4.39 Å². The van der Waals surface area contributed by atoms with Crippen LogP contribution in [0.3, 0.4) is 0 Å². The van der Waals surface area contributed by atoms with Crippen LogP contribution in [0.25, 0.3) is 0 Å². The fourth-order valence-corrected chi connectivity index (χ4v) is 0.996. The minimum atomic E-state index is -0.279. The normalized spacial score (nSPS) is 12.5. The van der Waals surface area contributed by atoms with Gasteiger partial charge in [-0.1, -0.05) is 0 Å². The molecule has 3 nitrogen and oxygen atoms in total. The Bertz CT molecular complexity index is 263. The molecule has 0 saturated heterocycles. The van der Waals surface area contributed by atoms with E-state index >= 15 is 0 Å². The second kappa shape index (κ2) is 5.57.